The second-order valence-corrected chi connectivity index (χ2v) is 7.02. The van der Waals surface area contributed by atoms with E-state index >= 15 is 0 Å². The highest BCUT2D eigenvalue weighted by molar-refractivity contribution is 8.00. The number of hydrogen-bond acceptors (Lipinski definition) is 11. The monoisotopic (exact) mass is 425 g/mol. The second kappa shape index (κ2) is 7.83. The molecule has 0 spiro atoms. The van der Waals surface area contributed by atoms with E-state index < -0.39 is 40.9 Å². The molecule has 2 aliphatic heterocycles. The van der Waals surface area contributed by atoms with Gasteiger partial charge in [-0.15, -0.1) is 11.8 Å². The van der Waals surface area contributed by atoms with E-state index in [-0.39, 0.29) is 35.3 Å². The van der Waals surface area contributed by atoms with Gasteiger partial charge >= 0.3 is 11.9 Å². The molecule has 5 N–H and O–H groups in total. The Hall–Kier alpha value is -3.55. The summed E-state index contributed by atoms with van der Waals surface area (Å²) in [5.41, 5.74) is 4.63. The van der Waals surface area contributed by atoms with Crippen molar-refractivity contribution in [1.82, 2.24) is 15.2 Å². The third-order valence-corrected chi connectivity index (χ3v) is 5.41. The SMILES string of the molecule is CC(=O)OCC1=C(C(=O)O)N2C(=O)[C@@H](NC(=O)/C(=N/O)c3coc(N)n3)[C@H]2SC1. The van der Waals surface area contributed by atoms with Gasteiger partial charge in [0.2, 0.25) is 0 Å². The molecule has 0 aromatic carbocycles. The lowest BCUT2D eigenvalue weighted by molar-refractivity contribution is -0.150. The molecule has 0 unspecified atom stereocenters. The van der Waals surface area contributed by atoms with Crippen LogP contribution in [0, 0.1) is 0 Å². The summed E-state index contributed by atoms with van der Waals surface area (Å²) in [4.78, 5) is 52.2. The largest absolute Gasteiger partial charge is 0.477 e. The maximum absolute atomic E-state index is 12.5. The molecule has 1 saturated heterocycles. The number of thioether (sulfide) groups is 1. The van der Waals surface area contributed by atoms with Crippen LogP contribution in [-0.4, -0.2) is 73.4 Å². The molecule has 0 radical (unpaired) electrons. The van der Waals surface area contributed by atoms with Crippen molar-refractivity contribution in [1.29, 1.82) is 0 Å². The number of oxazole rings is 1. The second-order valence-electron chi connectivity index (χ2n) is 5.92. The number of nitrogens with one attached hydrogen (secondary N) is 1. The Morgan fingerprint density at radius 3 is 2.79 bits per heavy atom. The first-order valence-electron chi connectivity index (χ1n) is 8.02. The number of oxime groups is 1. The molecular formula is C15H15N5O8S. The van der Waals surface area contributed by atoms with Gasteiger partial charge in [-0.05, 0) is 0 Å². The van der Waals surface area contributed by atoms with Crippen LogP contribution >= 0.6 is 11.8 Å². The van der Waals surface area contributed by atoms with E-state index in [1.54, 1.807) is 0 Å². The zero-order valence-corrected chi connectivity index (χ0v) is 15.6. The molecule has 1 fully saturated rings. The Morgan fingerprint density at radius 2 is 2.24 bits per heavy atom. The average molecular weight is 425 g/mol. The number of amides is 2. The first-order valence-corrected chi connectivity index (χ1v) is 9.07. The number of ether oxygens (including phenoxy) is 1. The molecule has 0 aliphatic carbocycles. The molecular weight excluding hydrogens is 410 g/mol. The number of anilines is 1. The van der Waals surface area contributed by atoms with Gasteiger partial charge < -0.3 is 30.5 Å². The minimum atomic E-state index is -1.36. The molecule has 1 aromatic rings. The van der Waals surface area contributed by atoms with E-state index in [2.05, 4.69) is 15.5 Å². The number of carboxylic acid groups (broad SMARTS) is 1. The summed E-state index contributed by atoms with van der Waals surface area (Å²) >= 11 is 1.19. The molecule has 14 heteroatoms. The van der Waals surface area contributed by atoms with E-state index in [4.69, 9.17) is 20.1 Å². The van der Waals surface area contributed by atoms with Crippen LogP contribution in [0.5, 0.6) is 0 Å². The maximum atomic E-state index is 12.5. The van der Waals surface area contributed by atoms with E-state index in [9.17, 15) is 24.3 Å². The van der Waals surface area contributed by atoms with Crippen molar-refractivity contribution in [2.75, 3.05) is 18.1 Å². The maximum Gasteiger partial charge on any atom is 0.352 e. The van der Waals surface area contributed by atoms with Crippen LogP contribution < -0.4 is 11.1 Å². The van der Waals surface area contributed by atoms with Crippen molar-refractivity contribution in [3.8, 4) is 0 Å². The number of nitrogens with zero attached hydrogens (tertiary/aromatic N) is 3. The first-order chi connectivity index (χ1) is 13.7. The van der Waals surface area contributed by atoms with Crippen molar-refractivity contribution < 1.29 is 38.6 Å². The number of carbonyl (C=O) groups excluding carboxylic acids is 3. The molecule has 154 valence electrons. The van der Waals surface area contributed by atoms with Crippen LogP contribution in [0.1, 0.15) is 12.6 Å². The van der Waals surface area contributed by atoms with Crippen molar-refractivity contribution >= 4 is 47.2 Å². The van der Waals surface area contributed by atoms with Crippen LogP contribution in [0.25, 0.3) is 0 Å². The number of esters is 1. The quantitative estimate of drug-likeness (QED) is 0.139. The van der Waals surface area contributed by atoms with Crippen molar-refractivity contribution in [2.45, 2.75) is 18.3 Å². The number of hydrogen-bond donors (Lipinski definition) is 4. The normalized spacial score (nSPS) is 21.3. The predicted octanol–water partition coefficient (Wildman–Crippen LogP) is -1.26. The zero-order chi connectivity index (χ0) is 21.3. The molecule has 2 atom stereocenters. The van der Waals surface area contributed by atoms with Gasteiger partial charge in [0.05, 0.1) is 0 Å². The lowest BCUT2D eigenvalue weighted by atomic mass is 10.0. The lowest BCUT2D eigenvalue weighted by Crippen LogP contribution is -2.71. The fraction of sp³-hybridized carbons (Fsp3) is 0.333. The van der Waals surface area contributed by atoms with Crippen molar-refractivity contribution in [3.63, 3.8) is 0 Å². The fourth-order valence-corrected chi connectivity index (χ4v) is 4.13. The molecule has 3 heterocycles. The van der Waals surface area contributed by atoms with Crippen molar-refractivity contribution in [2.24, 2.45) is 5.16 Å². The smallest absolute Gasteiger partial charge is 0.352 e. The van der Waals surface area contributed by atoms with Crippen molar-refractivity contribution in [3.05, 3.63) is 23.2 Å². The van der Waals surface area contributed by atoms with E-state index in [0.29, 0.717) is 0 Å². The van der Waals surface area contributed by atoms with Gasteiger partial charge in [0.15, 0.2) is 5.71 Å². The standard InChI is InChI=1S/C15H15N5O8S/c1-5(21)27-2-6-4-29-13-9(12(23)20(13)10(6)14(24)25)18-11(22)8(19-26)7-3-28-15(16)17-7/h3,9,13,26H,2,4H2,1H3,(H2,16,17)(H,18,22)(H,24,25)/b19-8+/t9-,13-/m1/s1. The Bertz CT molecular complexity index is 954. The summed E-state index contributed by atoms with van der Waals surface area (Å²) in [7, 11) is 0. The number of β-lactam (4-membered cyclic amide) rings is 1. The Morgan fingerprint density at radius 1 is 1.52 bits per heavy atom. The third kappa shape index (κ3) is 3.73. The van der Waals surface area contributed by atoms with Gasteiger partial charge in [-0.25, -0.2) is 4.79 Å². The predicted molar refractivity (Wildman–Crippen MR) is 95.6 cm³/mol. The molecule has 0 bridgehead atoms. The minimum absolute atomic E-state index is 0.141. The van der Waals surface area contributed by atoms with Crippen LogP contribution in [0.2, 0.25) is 0 Å². The zero-order valence-electron chi connectivity index (χ0n) is 14.8. The van der Waals surface area contributed by atoms with Gasteiger partial charge in [0.25, 0.3) is 17.8 Å². The highest BCUT2D eigenvalue weighted by Crippen LogP contribution is 2.40. The number of nitrogens with two attached hydrogens (primary N) is 1. The molecule has 1 aromatic heterocycles. The molecule has 2 amide bonds. The number of carbonyl (C=O) groups is 4. The van der Waals surface area contributed by atoms with E-state index in [1.165, 1.54) is 18.7 Å². The Labute approximate surface area is 166 Å². The Balaban J connectivity index is 1.76. The van der Waals surface area contributed by atoms with E-state index in [0.717, 1.165) is 11.2 Å². The summed E-state index contributed by atoms with van der Waals surface area (Å²) in [5.74, 6) is -3.36. The summed E-state index contributed by atoms with van der Waals surface area (Å²) < 4.78 is 9.59. The third-order valence-electron chi connectivity index (χ3n) is 4.07. The van der Waals surface area contributed by atoms with Gasteiger partial charge in [-0.2, -0.15) is 4.98 Å². The summed E-state index contributed by atoms with van der Waals surface area (Å²) in [6, 6.07) is -1.31. The number of aliphatic carboxylic acids is 1. The highest BCUT2D eigenvalue weighted by atomic mass is 32.2. The summed E-state index contributed by atoms with van der Waals surface area (Å²) in [6.07, 6.45) is 1.00. The van der Waals surface area contributed by atoms with Crippen LogP contribution in [-0.2, 0) is 23.9 Å². The topological polar surface area (TPSA) is 198 Å². The lowest BCUT2D eigenvalue weighted by Gasteiger charge is -2.49. The molecule has 13 nitrogen and oxygen atoms in total. The van der Waals surface area contributed by atoms with Gasteiger partial charge in [0.1, 0.15) is 35.7 Å². The molecule has 2 aliphatic rings. The van der Waals surface area contributed by atoms with Crippen LogP contribution in [0.4, 0.5) is 6.01 Å². The Kier molecular flexibility index (Phi) is 5.45. The summed E-state index contributed by atoms with van der Waals surface area (Å²) in [6.45, 7) is 0.926. The number of nitrogen functional groups attached to an aromatic ring is 1. The minimum Gasteiger partial charge on any atom is -0.477 e. The fourth-order valence-electron chi connectivity index (χ4n) is 2.80. The molecule has 29 heavy (non-hydrogen) atoms. The van der Waals surface area contributed by atoms with Gasteiger partial charge in [-0.1, -0.05) is 5.16 Å². The first kappa shape index (κ1) is 20.2. The number of rotatable bonds is 6. The summed E-state index contributed by atoms with van der Waals surface area (Å²) in [5, 5.41) is 23.1. The number of carboxylic acids is 1. The average Bonchev–Trinajstić information content (AvgIpc) is 3.09. The highest BCUT2D eigenvalue weighted by Gasteiger charge is 2.54. The van der Waals surface area contributed by atoms with Gasteiger partial charge in [0, 0.05) is 18.2 Å². The molecule has 3 rings (SSSR count). The number of aromatic nitrogens is 1. The van der Waals surface area contributed by atoms with E-state index in [1.807, 2.05) is 0 Å². The molecule has 0 saturated carbocycles. The van der Waals surface area contributed by atoms with Gasteiger partial charge in [-0.3, -0.25) is 19.3 Å². The van der Waals surface area contributed by atoms with Crippen LogP contribution in [0.3, 0.4) is 0 Å². The number of fused-ring (bicyclic) bond motifs is 1. The van der Waals surface area contributed by atoms with Crippen LogP contribution in [0.15, 0.2) is 27.1 Å².